The van der Waals surface area contributed by atoms with Crippen LogP contribution in [-0.2, 0) is 31.0 Å². The van der Waals surface area contributed by atoms with E-state index in [2.05, 4.69) is 14.8 Å². The average molecular weight is 558 g/mol. The summed E-state index contributed by atoms with van der Waals surface area (Å²) in [7, 11) is -6.64. The first-order chi connectivity index (χ1) is 17.2. The Labute approximate surface area is 211 Å². The maximum Gasteiger partial charge on any atom is 0.416 e. The number of halogens is 3. The number of carbonyl (C=O) groups is 1. The molecule has 1 amide bonds. The van der Waals surface area contributed by atoms with Crippen LogP contribution in [0.15, 0.2) is 76.5 Å². The summed E-state index contributed by atoms with van der Waals surface area (Å²) in [6, 6.07) is 12.9. The van der Waals surface area contributed by atoms with Crippen molar-refractivity contribution in [1.29, 1.82) is 0 Å². The van der Waals surface area contributed by atoms with Crippen LogP contribution in [0.1, 0.15) is 11.1 Å². The van der Waals surface area contributed by atoms with Gasteiger partial charge < -0.3 is 10.1 Å². The molecule has 3 N–H and O–H groups in total. The Morgan fingerprint density at radius 1 is 0.892 bits per heavy atom. The molecule has 0 aliphatic carbocycles. The molecule has 0 atom stereocenters. The second-order valence-electron chi connectivity index (χ2n) is 7.68. The van der Waals surface area contributed by atoms with E-state index in [1.807, 2.05) is 0 Å². The number of amides is 1. The zero-order chi connectivity index (χ0) is 27.4. The topological polar surface area (TPSA) is 131 Å². The molecule has 3 aromatic carbocycles. The van der Waals surface area contributed by atoms with Crippen molar-refractivity contribution in [2.75, 3.05) is 23.7 Å². The fraction of sp³-hybridized carbons (Fsp3) is 0.174. The van der Waals surface area contributed by atoms with Gasteiger partial charge in [0.15, 0.2) is 6.61 Å². The lowest BCUT2D eigenvalue weighted by Gasteiger charge is -2.13. The smallest absolute Gasteiger partial charge is 0.416 e. The van der Waals surface area contributed by atoms with Crippen LogP contribution in [-0.4, -0.2) is 36.4 Å². The van der Waals surface area contributed by atoms with Crippen molar-refractivity contribution in [2.45, 2.75) is 22.9 Å². The van der Waals surface area contributed by atoms with Crippen molar-refractivity contribution in [3.05, 3.63) is 77.9 Å². The van der Waals surface area contributed by atoms with E-state index >= 15 is 0 Å². The molecule has 0 aliphatic heterocycles. The SMILES string of the molecule is CNS(=O)(=O)c1ccc(C)c(NC(=O)COc2ccc(S(=O)(=O)Nc3cccc(C(F)(F)F)c3)cc2)c1. The number of alkyl halides is 3. The first-order valence-electron chi connectivity index (χ1n) is 10.5. The van der Waals surface area contributed by atoms with Gasteiger partial charge in [0.1, 0.15) is 5.75 Å². The fourth-order valence-corrected chi connectivity index (χ4v) is 4.85. The molecular weight excluding hydrogens is 535 g/mol. The highest BCUT2D eigenvalue weighted by atomic mass is 32.2. The molecule has 0 saturated heterocycles. The van der Waals surface area contributed by atoms with Crippen molar-refractivity contribution in [1.82, 2.24) is 4.72 Å². The number of benzene rings is 3. The van der Waals surface area contributed by atoms with E-state index in [0.717, 1.165) is 12.1 Å². The van der Waals surface area contributed by atoms with Crippen LogP contribution in [0.5, 0.6) is 5.75 Å². The Bertz CT molecular complexity index is 1510. The zero-order valence-electron chi connectivity index (χ0n) is 19.5. The molecule has 3 aromatic rings. The molecule has 0 unspecified atom stereocenters. The second-order valence-corrected chi connectivity index (χ2v) is 11.2. The van der Waals surface area contributed by atoms with E-state index < -0.39 is 44.3 Å². The number of rotatable bonds is 9. The number of anilines is 2. The van der Waals surface area contributed by atoms with Crippen molar-refractivity contribution >= 4 is 37.3 Å². The van der Waals surface area contributed by atoms with Gasteiger partial charge in [-0.2, -0.15) is 13.2 Å². The van der Waals surface area contributed by atoms with Gasteiger partial charge in [0, 0.05) is 11.4 Å². The van der Waals surface area contributed by atoms with Crippen molar-refractivity contribution < 1.29 is 39.5 Å². The van der Waals surface area contributed by atoms with Gasteiger partial charge >= 0.3 is 6.18 Å². The summed E-state index contributed by atoms with van der Waals surface area (Å²) in [6.45, 7) is 1.22. The molecule has 14 heteroatoms. The van der Waals surface area contributed by atoms with Gasteiger partial charge in [-0.3, -0.25) is 9.52 Å². The standard InChI is InChI=1S/C23H22F3N3O6S2/c1-15-6-9-20(36(31,32)27-2)13-21(15)28-22(30)14-35-18-7-10-19(11-8-18)37(33,34)29-17-5-3-4-16(12-17)23(24,25)26/h3-13,27,29H,14H2,1-2H3,(H,28,30). The summed E-state index contributed by atoms with van der Waals surface area (Å²) >= 11 is 0. The molecule has 0 saturated carbocycles. The molecule has 0 bridgehead atoms. The minimum absolute atomic E-state index is 0.0349. The largest absolute Gasteiger partial charge is 0.484 e. The zero-order valence-corrected chi connectivity index (χ0v) is 21.1. The van der Waals surface area contributed by atoms with Crippen molar-refractivity contribution in [3.63, 3.8) is 0 Å². The van der Waals surface area contributed by atoms with Gasteiger partial charge in [0.05, 0.1) is 15.4 Å². The Morgan fingerprint density at radius 2 is 1.54 bits per heavy atom. The van der Waals surface area contributed by atoms with Gasteiger partial charge in [-0.15, -0.1) is 0 Å². The predicted octanol–water partition coefficient (Wildman–Crippen LogP) is 3.74. The number of hydrogen-bond donors (Lipinski definition) is 3. The summed E-state index contributed by atoms with van der Waals surface area (Å²) in [4.78, 5) is 12.0. The van der Waals surface area contributed by atoms with E-state index in [1.165, 1.54) is 55.6 Å². The lowest BCUT2D eigenvalue weighted by atomic mass is 10.2. The Kier molecular flexibility index (Phi) is 8.15. The van der Waals surface area contributed by atoms with Crippen LogP contribution in [0.25, 0.3) is 0 Å². The number of aryl methyl sites for hydroxylation is 1. The molecule has 198 valence electrons. The fourth-order valence-electron chi connectivity index (χ4n) is 3.04. The van der Waals surface area contributed by atoms with Gasteiger partial charge in [0.25, 0.3) is 15.9 Å². The van der Waals surface area contributed by atoms with Crippen LogP contribution in [0, 0.1) is 6.92 Å². The molecule has 0 heterocycles. The quantitative estimate of drug-likeness (QED) is 0.368. The van der Waals surface area contributed by atoms with E-state index in [0.29, 0.717) is 11.6 Å². The van der Waals surface area contributed by atoms with Crippen LogP contribution < -0.4 is 19.5 Å². The summed E-state index contributed by atoms with van der Waals surface area (Å²) in [5.41, 5.74) is -0.368. The Hall–Kier alpha value is -3.62. The van der Waals surface area contributed by atoms with Gasteiger partial charge in [-0.05, 0) is 74.1 Å². The Balaban J connectivity index is 1.64. The van der Waals surface area contributed by atoms with E-state index in [4.69, 9.17) is 4.74 Å². The molecule has 37 heavy (non-hydrogen) atoms. The van der Waals surface area contributed by atoms with Crippen molar-refractivity contribution in [3.8, 4) is 5.75 Å². The number of hydrogen-bond acceptors (Lipinski definition) is 6. The summed E-state index contributed by atoms with van der Waals surface area (Å²) < 4.78 is 97.3. The minimum atomic E-state index is -4.63. The number of nitrogens with one attached hydrogen (secondary N) is 3. The third kappa shape index (κ3) is 7.21. The van der Waals surface area contributed by atoms with Crippen LogP contribution >= 0.6 is 0 Å². The lowest BCUT2D eigenvalue weighted by molar-refractivity contribution is -0.137. The van der Waals surface area contributed by atoms with Crippen LogP contribution in [0.2, 0.25) is 0 Å². The van der Waals surface area contributed by atoms with Crippen LogP contribution in [0.3, 0.4) is 0 Å². The first kappa shape index (κ1) is 28.0. The summed E-state index contributed by atoms with van der Waals surface area (Å²) in [5.74, 6) is -0.443. The van der Waals surface area contributed by atoms with Gasteiger partial charge in [-0.25, -0.2) is 21.6 Å². The molecule has 0 fully saturated rings. The normalized spacial score (nSPS) is 12.1. The summed E-state index contributed by atoms with van der Waals surface area (Å²) in [6.07, 6.45) is -4.63. The molecule has 0 radical (unpaired) electrons. The molecular formula is C23H22F3N3O6S2. The van der Waals surface area contributed by atoms with Crippen molar-refractivity contribution in [2.24, 2.45) is 0 Å². The predicted molar refractivity (Wildman–Crippen MR) is 130 cm³/mol. The third-order valence-corrected chi connectivity index (χ3v) is 7.82. The summed E-state index contributed by atoms with van der Waals surface area (Å²) in [5, 5.41) is 2.55. The highest BCUT2D eigenvalue weighted by molar-refractivity contribution is 7.92. The minimum Gasteiger partial charge on any atom is -0.484 e. The number of ether oxygens (including phenoxy) is 1. The molecule has 0 aliphatic rings. The highest BCUT2D eigenvalue weighted by Gasteiger charge is 2.30. The van der Waals surface area contributed by atoms with Gasteiger partial charge in [0.2, 0.25) is 10.0 Å². The lowest BCUT2D eigenvalue weighted by Crippen LogP contribution is -2.22. The molecule has 3 rings (SSSR count). The van der Waals surface area contributed by atoms with E-state index in [9.17, 15) is 34.8 Å². The number of carbonyl (C=O) groups excluding carboxylic acids is 1. The monoisotopic (exact) mass is 557 g/mol. The maximum atomic E-state index is 12.9. The Morgan fingerprint density at radius 3 is 2.16 bits per heavy atom. The van der Waals surface area contributed by atoms with Crippen LogP contribution in [0.4, 0.5) is 24.5 Å². The van der Waals surface area contributed by atoms with E-state index in [1.54, 1.807) is 6.92 Å². The third-order valence-electron chi connectivity index (χ3n) is 5.01. The van der Waals surface area contributed by atoms with E-state index in [-0.39, 0.29) is 26.9 Å². The average Bonchev–Trinajstić information content (AvgIpc) is 2.83. The molecule has 0 aromatic heterocycles. The highest BCUT2D eigenvalue weighted by Crippen LogP contribution is 2.31. The molecule has 9 nitrogen and oxygen atoms in total. The first-order valence-corrected chi connectivity index (χ1v) is 13.4. The van der Waals surface area contributed by atoms with Gasteiger partial charge in [-0.1, -0.05) is 12.1 Å². The molecule has 0 spiro atoms. The maximum absolute atomic E-state index is 12.9. The number of sulfonamides is 2. The second kappa shape index (κ2) is 10.8.